The van der Waals surface area contributed by atoms with Gasteiger partial charge in [0.1, 0.15) is 17.2 Å². The number of nitrogens with one attached hydrogen (secondary N) is 1. The molecule has 6 rings (SSSR count). The number of pyridine rings is 1. The molecular weight excluding hydrogens is 489 g/mol. The summed E-state index contributed by atoms with van der Waals surface area (Å²) in [6.07, 6.45) is 0. The number of furan rings is 1. The van der Waals surface area contributed by atoms with Crippen LogP contribution in [0.3, 0.4) is 0 Å². The third-order valence-electron chi connectivity index (χ3n) is 6.92. The van der Waals surface area contributed by atoms with Crippen LogP contribution in [0.2, 0.25) is 0 Å². The first-order valence-electron chi connectivity index (χ1n) is 12.7. The van der Waals surface area contributed by atoms with Crippen LogP contribution in [-0.2, 0) is 0 Å². The van der Waals surface area contributed by atoms with Gasteiger partial charge in [-0.25, -0.2) is 9.37 Å². The van der Waals surface area contributed by atoms with E-state index < -0.39 is 0 Å². The van der Waals surface area contributed by atoms with E-state index in [0.29, 0.717) is 27.9 Å². The Bertz CT molecular complexity index is 1860. The lowest BCUT2D eigenvalue weighted by Gasteiger charge is -2.18. The number of amides is 1. The van der Waals surface area contributed by atoms with Gasteiger partial charge in [-0.2, -0.15) is 0 Å². The van der Waals surface area contributed by atoms with Gasteiger partial charge in [-0.05, 0) is 54.1 Å². The van der Waals surface area contributed by atoms with E-state index in [2.05, 4.69) is 35.6 Å². The quantitative estimate of drug-likeness (QED) is 0.258. The highest BCUT2D eigenvalue weighted by atomic mass is 19.1. The molecular formula is C33H26FN3O2. The number of rotatable bonds is 5. The van der Waals surface area contributed by atoms with E-state index in [1.807, 2.05) is 61.5 Å². The van der Waals surface area contributed by atoms with Gasteiger partial charge in [0.05, 0.1) is 16.8 Å². The third kappa shape index (κ3) is 4.40. The number of hydrogen-bond donors (Lipinski definition) is 1. The molecule has 0 radical (unpaired) electrons. The molecule has 5 nitrogen and oxygen atoms in total. The molecule has 6 aromatic rings. The second-order valence-corrected chi connectivity index (χ2v) is 9.62. The Labute approximate surface area is 225 Å². The van der Waals surface area contributed by atoms with E-state index in [9.17, 15) is 9.18 Å². The van der Waals surface area contributed by atoms with Crippen LogP contribution in [0, 0.1) is 5.82 Å². The van der Waals surface area contributed by atoms with E-state index in [-0.39, 0.29) is 11.7 Å². The number of carbonyl (C=O) groups excluding carboxylic acids is 1. The molecule has 0 unspecified atom stereocenters. The lowest BCUT2D eigenvalue weighted by atomic mass is 9.96. The Morgan fingerprint density at radius 2 is 1.62 bits per heavy atom. The predicted octanol–water partition coefficient (Wildman–Crippen LogP) is 7.55. The summed E-state index contributed by atoms with van der Waals surface area (Å²) in [6.45, 7) is 0. The fourth-order valence-corrected chi connectivity index (χ4v) is 4.96. The Balaban J connectivity index is 1.55. The molecule has 0 saturated carbocycles. The lowest BCUT2D eigenvalue weighted by Crippen LogP contribution is -2.18. The maximum Gasteiger partial charge on any atom is 0.255 e. The van der Waals surface area contributed by atoms with Crippen LogP contribution < -0.4 is 10.2 Å². The summed E-state index contributed by atoms with van der Waals surface area (Å²) >= 11 is 0. The van der Waals surface area contributed by atoms with Gasteiger partial charge in [-0.15, -0.1) is 0 Å². The number of hydrogen-bond acceptors (Lipinski definition) is 4. The Morgan fingerprint density at radius 1 is 0.846 bits per heavy atom. The van der Waals surface area contributed by atoms with Gasteiger partial charge < -0.3 is 14.6 Å². The molecule has 1 N–H and O–H groups in total. The zero-order valence-corrected chi connectivity index (χ0v) is 21.8. The molecule has 2 aromatic heterocycles. The van der Waals surface area contributed by atoms with Crippen molar-refractivity contribution in [1.29, 1.82) is 0 Å². The standard InChI is InChI=1S/C33H26FN3O2/c1-35-33(38)31-26-18-25(29(37(2)3)19-30(26)39-32(31)21-11-14-24(34)15-12-21)22-8-6-9-23(17-22)28-16-13-20-7-4-5-10-27(20)36-28/h4-19H,1-3H3,(H,35,38). The molecule has 0 fully saturated rings. The topological polar surface area (TPSA) is 58.4 Å². The van der Waals surface area contributed by atoms with Crippen LogP contribution >= 0.6 is 0 Å². The van der Waals surface area contributed by atoms with Gasteiger partial charge in [-0.1, -0.05) is 42.5 Å². The summed E-state index contributed by atoms with van der Waals surface area (Å²) in [5.41, 5.74) is 7.32. The monoisotopic (exact) mass is 515 g/mol. The van der Waals surface area contributed by atoms with Gasteiger partial charge in [0, 0.05) is 60.4 Å². The average Bonchev–Trinajstić information content (AvgIpc) is 3.34. The van der Waals surface area contributed by atoms with E-state index >= 15 is 0 Å². The number of fused-ring (bicyclic) bond motifs is 2. The number of nitrogens with zero attached hydrogens (tertiary/aromatic N) is 2. The summed E-state index contributed by atoms with van der Waals surface area (Å²) in [4.78, 5) is 20.0. The van der Waals surface area contributed by atoms with Crippen LogP contribution in [0.4, 0.5) is 10.1 Å². The maximum atomic E-state index is 13.6. The number of benzene rings is 4. The average molecular weight is 516 g/mol. The molecule has 6 heteroatoms. The smallest absolute Gasteiger partial charge is 0.255 e. The van der Waals surface area contributed by atoms with Gasteiger partial charge in [0.15, 0.2) is 0 Å². The molecule has 0 atom stereocenters. The van der Waals surface area contributed by atoms with Crippen molar-refractivity contribution in [3.63, 3.8) is 0 Å². The fraction of sp³-hybridized carbons (Fsp3) is 0.0909. The second kappa shape index (κ2) is 9.72. The highest BCUT2D eigenvalue weighted by Crippen LogP contribution is 2.41. The predicted molar refractivity (Wildman–Crippen MR) is 155 cm³/mol. The lowest BCUT2D eigenvalue weighted by molar-refractivity contribution is 0.0964. The van der Waals surface area contributed by atoms with Crippen LogP contribution in [0.15, 0.2) is 101 Å². The fourth-order valence-electron chi connectivity index (χ4n) is 4.96. The first-order valence-corrected chi connectivity index (χ1v) is 12.7. The number of halogens is 1. The van der Waals surface area contributed by atoms with Gasteiger partial charge >= 0.3 is 0 Å². The molecule has 0 bridgehead atoms. The van der Waals surface area contributed by atoms with Gasteiger partial charge in [0.25, 0.3) is 5.91 Å². The maximum absolute atomic E-state index is 13.6. The van der Waals surface area contributed by atoms with Crippen LogP contribution in [-0.4, -0.2) is 32.0 Å². The van der Waals surface area contributed by atoms with Crippen molar-refractivity contribution in [1.82, 2.24) is 10.3 Å². The highest BCUT2D eigenvalue weighted by Gasteiger charge is 2.24. The highest BCUT2D eigenvalue weighted by molar-refractivity contribution is 6.13. The van der Waals surface area contributed by atoms with Crippen molar-refractivity contribution in [3.05, 3.63) is 108 Å². The second-order valence-electron chi connectivity index (χ2n) is 9.62. The normalized spacial score (nSPS) is 11.2. The summed E-state index contributed by atoms with van der Waals surface area (Å²) < 4.78 is 19.9. The molecule has 0 aliphatic heterocycles. The van der Waals surface area contributed by atoms with Gasteiger partial charge in [-0.3, -0.25) is 4.79 Å². The zero-order valence-electron chi connectivity index (χ0n) is 21.8. The number of anilines is 1. The minimum atomic E-state index is -0.352. The minimum Gasteiger partial charge on any atom is -0.455 e. The molecule has 0 spiro atoms. The van der Waals surface area contributed by atoms with E-state index in [1.54, 1.807) is 19.2 Å². The number of aromatic nitrogens is 1. The van der Waals surface area contributed by atoms with Crippen molar-refractivity contribution in [2.24, 2.45) is 0 Å². The summed E-state index contributed by atoms with van der Waals surface area (Å²) in [6, 6.07) is 30.3. The van der Waals surface area contributed by atoms with Gasteiger partial charge in [0.2, 0.25) is 0 Å². The largest absolute Gasteiger partial charge is 0.455 e. The van der Waals surface area contributed by atoms with E-state index in [1.165, 1.54) is 12.1 Å². The molecule has 39 heavy (non-hydrogen) atoms. The third-order valence-corrected chi connectivity index (χ3v) is 6.92. The van der Waals surface area contributed by atoms with Crippen LogP contribution in [0.1, 0.15) is 10.4 Å². The van der Waals surface area contributed by atoms with Crippen molar-refractivity contribution >= 4 is 33.5 Å². The van der Waals surface area contributed by atoms with E-state index in [0.717, 1.165) is 39.0 Å². The van der Waals surface area contributed by atoms with Crippen molar-refractivity contribution in [2.75, 3.05) is 26.0 Å². The zero-order chi connectivity index (χ0) is 27.1. The SMILES string of the molecule is CNC(=O)c1c(-c2ccc(F)cc2)oc2cc(N(C)C)c(-c3cccc(-c4ccc5ccccc5n4)c3)cc12. The Morgan fingerprint density at radius 3 is 2.38 bits per heavy atom. The molecule has 2 heterocycles. The minimum absolute atomic E-state index is 0.272. The summed E-state index contributed by atoms with van der Waals surface area (Å²) in [7, 11) is 5.54. The van der Waals surface area contributed by atoms with Crippen molar-refractivity contribution < 1.29 is 13.6 Å². The molecule has 0 aliphatic carbocycles. The molecule has 192 valence electrons. The number of carbonyl (C=O) groups is 1. The molecule has 0 aliphatic rings. The summed E-state index contributed by atoms with van der Waals surface area (Å²) in [5.74, 6) is -0.222. The molecule has 0 saturated heterocycles. The summed E-state index contributed by atoms with van der Waals surface area (Å²) in [5, 5.41) is 4.51. The first kappa shape index (κ1) is 24.4. The molecule has 4 aromatic carbocycles. The van der Waals surface area contributed by atoms with Crippen LogP contribution in [0.5, 0.6) is 0 Å². The van der Waals surface area contributed by atoms with E-state index in [4.69, 9.17) is 9.40 Å². The Hall–Kier alpha value is -4.97. The number of para-hydroxylation sites is 1. The van der Waals surface area contributed by atoms with Crippen LogP contribution in [0.25, 0.3) is 55.6 Å². The van der Waals surface area contributed by atoms with Crippen molar-refractivity contribution in [3.8, 4) is 33.7 Å². The molecule has 1 amide bonds. The Kier molecular flexibility index (Phi) is 6.08. The first-order chi connectivity index (χ1) is 18.9. The van der Waals surface area contributed by atoms with Crippen molar-refractivity contribution in [2.45, 2.75) is 0 Å².